The third-order valence-corrected chi connectivity index (χ3v) is 2.97. The van der Waals surface area contributed by atoms with Crippen molar-refractivity contribution in [1.29, 1.82) is 0 Å². The quantitative estimate of drug-likeness (QED) is 0.765. The van der Waals surface area contributed by atoms with E-state index in [0.717, 1.165) is 18.9 Å². The van der Waals surface area contributed by atoms with Crippen molar-refractivity contribution >= 4 is 29.1 Å². The number of nitrogens with zero attached hydrogens (tertiary/aromatic N) is 5. The highest BCUT2D eigenvalue weighted by Gasteiger charge is 2.13. The molecule has 2 aromatic rings. The van der Waals surface area contributed by atoms with Gasteiger partial charge in [0, 0.05) is 25.2 Å². The zero-order valence-electron chi connectivity index (χ0n) is 10.9. The Hall–Kier alpha value is -2.15. The van der Waals surface area contributed by atoms with E-state index >= 15 is 0 Å². The van der Waals surface area contributed by atoms with Crippen LogP contribution in [0.2, 0.25) is 5.15 Å². The molecule has 7 nitrogen and oxygen atoms in total. The van der Waals surface area contributed by atoms with Gasteiger partial charge in [-0.2, -0.15) is 0 Å². The molecule has 0 unspecified atom stereocenters. The zero-order chi connectivity index (χ0) is 14.4. The van der Waals surface area contributed by atoms with E-state index < -0.39 is 0 Å². The first-order valence-corrected chi connectivity index (χ1v) is 6.58. The SMILES string of the molecule is Nc1cc(Cl)ncn1.Nc1cc(N2CCCC2)ncn1. The first kappa shape index (κ1) is 14.3. The van der Waals surface area contributed by atoms with E-state index in [2.05, 4.69) is 24.8 Å². The summed E-state index contributed by atoms with van der Waals surface area (Å²) in [7, 11) is 0. The Bertz CT molecular complexity index is 540. The minimum atomic E-state index is 0.373. The fourth-order valence-electron chi connectivity index (χ4n) is 1.83. The highest BCUT2D eigenvalue weighted by Crippen LogP contribution is 2.17. The summed E-state index contributed by atoms with van der Waals surface area (Å²) < 4.78 is 0. The van der Waals surface area contributed by atoms with E-state index in [0.29, 0.717) is 16.8 Å². The van der Waals surface area contributed by atoms with Gasteiger partial charge in [0.25, 0.3) is 0 Å². The van der Waals surface area contributed by atoms with E-state index in [1.165, 1.54) is 31.6 Å². The molecule has 0 bridgehead atoms. The van der Waals surface area contributed by atoms with E-state index in [9.17, 15) is 0 Å². The lowest BCUT2D eigenvalue weighted by Gasteiger charge is -2.15. The number of anilines is 3. The van der Waals surface area contributed by atoms with Crippen LogP contribution < -0.4 is 16.4 Å². The Morgan fingerprint density at radius 1 is 0.900 bits per heavy atom. The molecule has 0 saturated carbocycles. The molecule has 0 aromatic carbocycles. The van der Waals surface area contributed by atoms with E-state index in [4.69, 9.17) is 23.1 Å². The summed E-state index contributed by atoms with van der Waals surface area (Å²) in [6, 6.07) is 3.31. The lowest BCUT2D eigenvalue weighted by molar-refractivity contribution is 0.929. The first-order valence-electron chi connectivity index (χ1n) is 6.20. The molecule has 2 aromatic heterocycles. The molecule has 3 rings (SSSR count). The number of rotatable bonds is 1. The van der Waals surface area contributed by atoms with Crippen LogP contribution in [0.3, 0.4) is 0 Å². The van der Waals surface area contributed by atoms with Crippen LogP contribution in [0.25, 0.3) is 0 Å². The van der Waals surface area contributed by atoms with Gasteiger partial charge in [-0.1, -0.05) is 11.6 Å². The van der Waals surface area contributed by atoms with Gasteiger partial charge in [-0.15, -0.1) is 0 Å². The largest absolute Gasteiger partial charge is 0.384 e. The van der Waals surface area contributed by atoms with Gasteiger partial charge < -0.3 is 16.4 Å². The maximum atomic E-state index is 5.55. The third-order valence-electron chi connectivity index (χ3n) is 2.76. The Labute approximate surface area is 122 Å². The zero-order valence-corrected chi connectivity index (χ0v) is 11.7. The summed E-state index contributed by atoms with van der Waals surface area (Å²) in [6.07, 6.45) is 5.34. The first-order chi connectivity index (χ1) is 9.65. The van der Waals surface area contributed by atoms with Crippen LogP contribution in [0.15, 0.2) is 24.8 Å². The molecule has 106 valence electrons. The normalized spacial score (nSPS) is 13.8. The number of hydrogen-bond donors (Lipinski definition) is 2. The second kappa shape index (κ2) is 6.85. The highest BCUT2D eigenvalue weighted by molar-refractivity contribution is 6.29. The molecule has 0 amide bonds. The van der Waals surface area contributed by atoms with Crippen LogP contribution in [-0.4, -0.2) is 33.0 Å². The van der Waals surface area contributed by atoms with Crippen LogP contribution in [0.1, 0.15) is 12.8 Å². The summed E-state index contributed by atoms with van der Waals surface area (Å²) in [5.41, 5.74) is 10.8. The number of hydrogen-bond acceptors (Lipinski definition) is 7. The monoisotopic (exact) mass is 293 g/mol. The van der Waals surface area contributed by atoms with Crippen molar-refractivity contribution in [3.05, 3.63) is 29.9 Å². The van der Waals surface area contributed by atoms with Crippen LogP contribution in [-0.2, 0) is 0 Å². The van der Waals surface area contributed by atoms with Crippen LogP contribution in [0.5, 0.6) is 0 Å². The molecule has 1 saturated heterocycles. The maximum Gasteiger partial charge on any atom is 0.134 e. The topological polar surface area (TPSA) is 107 Å². The molecule has 3 heterocycles. The average Bonchev–Trinajstić information content (AvgIpc) is 2.93. The van der Waals surface area contributed by atoms with Crippen molar-refractivity contribution in [3.63, 3.8) is 0 Å². The molecule has 8 heteroatoms. The fraction of sp³-hybridized carbons (Fsp3) is 0.333. The minimum Gasteiger partial charge on any atom is -0.384 e. The predicted octanol–water partition coefficient (Wildman–Crippen LogP) is 1.37. The van der Waals surface area contributed by atoms with Crippen LogP contribution in [0.4, 0.5) is 17.5 Å². The molecule has 0 aliphatic carbocycles. The number of nitrogens with two attached hydrogens (primary N) is 2. The second-order valence-electron chi connectivity index (χ2n) is 4.26. The van der Waals surface area contributed by atoms with Gasteiger partial charge in [-0.05, 0) is 12.8 Å². The molecule has 1 aliphatic heterocycles. The molecular weight excluding hydrogens is 278 g/mol. The van der Waals surface area contributed by atoms with Crippen molar-refractivity contribution in [2.45, 2.75) is 12.8 Å². The van der Waals surface area contributed by atoms with Crippen molar-refractivity contribution < 1.29 is 0 Å². The Morgan fingerprint density at radius 2 is 1.50 bits per heavy atom. The van der Waals surface area contributed by atoms with Gasteiger partial charge in [0.15, 0.2) is 0 Å². The maximum absolute atomic E-state index is 5.55. The van der Waals surface area contributed by atoms with Gasteiger partial charge >= 0.3 is 0 Å². The lowest BCUT2D eigenvalue weighted by atomic mass is 10.4. The number of aromatic nitrogens is 4. The van der Waals surface area contributed by atoms with Gasteiger partial charge in [0.05, 0.1) is 0 Å². The predicted molar refractivity (Wildman–Crippen MR) is 79.3 cm³/mol. The molecule has 0 spiro atoms. The van der Waals surface area contributed by atoms with Gasteiger partial charge in [0.1, 0.15) is 35.3 Å². The summed E-state index contributed by atoms with van der Waals surface area (Å²) in [5.74, 6) is 1.90. The van der Waals surface area contributed by atoms with Crippen molar-refractivity contribution in [2.24, 2.45) is 0 Å². The number of nitrogen functional groups attached to an aromatic ring is 2. The second-order valence-corrected chi connectivity index (χ2v) is 4.65. The molecule has 0 radical (unpaired) electrons. The molecule has 1 aliphatic rings. The lowest BCUT2D eigenvalue weighted by Crippen LogP contribution is -2.19. The smallest absolute Gasteiger partial charge is 0.134 e. The van der Waals surface area contributed by atoms with Gasteiger partial charge in [-0.25, -0.2) is 19.9 Å². The van der Waals surface area contributed by atoms with Crippen molar-refractivity contribution in [1.82, 2.24) is 19.9 Å². The molecule has 0 atom stereocenters. The minimum absolute atomic E-state index is 0.373. The molecule has 20 heavy (non-hydrogen) atoms. The molecule has 1 fully saturated rings. The van der Waals surface area contributed by atoms with Gasteiger partial charge in [-0.3, -0.25) is 0 Å². The standard InChI is InChI=1S/C8H12N4.C4H4ClN3/c9-7-5-8(11-6-10-7)12-3-1-2-4-12;5-3-1-4(6)8-2-7-3/h5-6H,1-4H2,(H2,9,10,11);1-2H,(H2,6,7,8). The van der Waals surface area contributed by atoms with E-state index in [-0.39, 0.29) is 0 Å². The summed E-state index contributed by atoms with van der Waals surface area (Å²) >= 11 is 5.41. The Balaban J connectivity index is 0.000000160. The Kier molecular flexibility index (Phi) is 4.89. The fourth-order valence-corrected chi connectivity index (χ4v) is 1.98. The van der Waals surface area contributed by atoms with E-state index in [1.54, 1.807) is 0 Å². The van der Waals surface area contributed by atoms with Crippen LogP contribution in [0, 0.1) is 0 Å². The summed E-state index contributed by atoms with van der Waals surface area (Å²) in [4.78, 5) is 17.5. The third kappa shape index (κ3) is 4.20. The van der Waals surface area contributed by atoms with Crippen molar-refractivity contribution in [2.75, 3.05) is 29.5 Å². The Morgan fingerprint density at radius 3 is 2.00 bits per heavy atom. The average molecular weight is 294 g/mol. The van der Waals surface area contributed by atoms with Crippen LogP contribution >= 0.6 is 11.6 Å². The highest BCUT2D eigenvalue weighted by atomic mass is 35.5. The van der Waals surface area contributed by atoms with Crippen molar-refractivity contribution in [3.8, 4) is 0 Å². The molecular formula is C12H16ClN7. The van der Waals surface area contributed by atoms with Gasteiger partial charge in [0.2, 0.25) is 0 Å². The van der Waals surface area contributed by atoms with E-state index in [1.807, 2.05) is 6.07 Å². The summed E-state index contributed by atoms with van der Waals surface area (Å²) in [5, 5.41) is 0.373. The summed E-state index contributed by atoms with van der Waals surface area (Å²) in [6.45, 7) is 2.19. The number of halogens is 1. The molecule has 4 N–H and O–H groups in total.